The maximum atomic E-state index is 3.11. The molecule has 1 aromatic rings. The van der Waals surface area contributed by atoms with Crippen LogP contribution < -0.4 is 0 Å². The van der Waals surface area contributed by atoms with Gasteiger partial charge < -0.3 is 0 Å². The van der Waals surface area contributed by atoms with Crippen molar-refractivity contribution in [2.24, 2.45) is 0 Å². The topological polar surface area (TPSA) is 0 Å². The number of fused-ring (bicyclic) bond motifs is 1. The molecule has 0 unspecified atom stereocenters. The van der Waals surface area contributed by atoms with Crippen LogP contribution in [0, 0.1) is 12.1 Å². The van der Waals surface area contributed by atoms with E-state index in [9.17, 15) is 0 Å². The zero-order chi connectivity index (χ0) is 6.81. The number of benzene rings is 1. The molecule has 0 nitrogen and oxygen atoms in total. The van der Waals surface area contributed by atoms with Gasteiger partial charge in [0.25, 0.3) is 0 Å². The van der Waals surface area contributed by atoms with Gasteiger partial charge in [-0.3, -0.25) is 0 Å². The standard InChI is InChI=1S/C10H8/c1-2-6-10-8-4-3-7-9(10)5-1/h1,3,5,7H,2,6H2. The first kappa shape index (κ1) is 5.72. The summed E-state index contributed by atoms with van der Waals surface area (Å²) in [6.45, 7) is 0. The Morgan fingerprint density at radius 1 is 1.40 bits per heavy atom. The molecule has 1 aliphatic carbocycles. The van der Waals surface area contributed by atoms with E-state index in [4.69, 9.17) is 0 Å². The molecule has 0 spiro atoms. The highest BCUT2D eigenvalue weighted by Crippen LogP contribution is 2.16. The largest absolute Gasteiger partial charge is 0.0836 e. The minimum absolute atomic E-state index is 1.13. The Hall–Kier alpha value is -1.04. The summed E-state index contributed by atoms with van der Waals surface area (Å²) in [5.74, 6) is 0. The highest BCUT2D eigenvalue weighted by Gasteiger charge is 2.01. The van der Waals surface area contributed by atoms with Gasteiger partial charge in [-0.1, -0.05) is 24.3 Å². The summed E-state index contributed by atoms with van der Waals surface area (Å²) in [5.41, 5.74) is 2.62. The van der Waals surface area contributed by atoms with Gasteiger partial charge >= 0.3 is 0 Å². The molecule has 0 fully saturated rings. The monoisotopic (exact) mass is 128 g/mol. The summed E-state index contributed by atoms with van der Waals surface area (Å²) in [7, 11) is 0. The molecule has 48 valence electrons. The van der Waals surface area contributed by atoms with Crippen LogP contribution in [0.1, 0.15) is 17.5 Å². The van der Waals surface area contributed by atoms with Crippen LogP contribution in [0.2, 0.25) is 0 Å². The lowest BCUT2D eigenvalue weighted by atomic mass is 9.98. The van der Waals surface area contributed by atoms with Gasteiger partial charge in [0, 0.05) is 0 Å². The van der Waals surface area contributed by atoms with Crippen molar-refractivity contribution in [2.75, 3.05) is 0 Å². The van der Waals surface area contributed by atoms with E-state index in [1.807, 2.05) is 6.07 Å². The van der Waals surface area contributed by atoms with Gasteiger partial charge in [-0.25, -0.2) is 0 Å². The predicted molar refractivity (Wildman–Crippen MR) is 41.5 cm³/mol. The van der Waals surface area contributed by atoms with Gasteiger partial charge in [-0.2, -0.15) is 0 Å². The predicted octanol–water partition coefficient (Wildman–Crippen LogP) is 2.25. The molecule has 1 aliphatic rings. The van der Waals surface area contributed by atoms with Crippen LogP contribution in [0.5, 0.6) is 0 Å². The van der Waals surface area contributed by atoms with Crippen molar-refractivity contribution in [2.45, 2.75) is 12.8 Å². The quantitative estimate of drug-likeness (QED) is 0.502. The Labute approximate surface area is 61.2 Å². The number of aryl methyl sites for hydroxylation is 1. The van der Waals surface area contributed by atoms with E-state index in [0.717, 1.165) is 12.8 Å². The molecule has 0 N–H and O–H groups in total. The minimum Gasteiger partial charge on any atom is -0.0836 e. The van der Waals surface area contributed by atoms with Crippen molar-refractivity contribution in [1.29, 1.82) is 0 Å². The van der Waals surface area contributed by atoms with Gasteiger partial charge in [-0.15, -0.1) is 0 Å². The lowest BCUT2D eigenvalue weighted by Gasteiger charge is -2.07. The van der Waals surface area contributed by atoms with E-state index in [-0.39, 0.29) is 0 Å². The van der Waals surface area contributed by atoms with Crippen LogP contribution in [0.15, 0.2) is 18.2 Å². The molecule has 0 atom stereocenters. The van der Waals surface area contributed by atoms with Gasteiger partial charge in [0.05, 0.1) is 0 Å². The highest BCUT2D eigenvalue weighted by molar-refractivity contribution is 5.55. The molecule has 0 heteroatoms. The molecular weight excluding hydrogens is 120 g/mol. The van der Waals surface area contributed by atoms with E-state index in [2.05, 4.69) is 30.4 Å². The highest BCUT2D eigenvalue weighted by atomic mass is 14.1. The van der Waals surface area contributed by atoms with Gasteiger partial charge in [-0.05, 0) is 36.1 Å². The normalized spacial score (nSPS) is 14.8. The van der Waals surface area contributed by atoms with Crippen LogP contribution in [-0.4, -0.2) is 0 Å². The first-order valence-corrected chi connectivity index (χ1v) is 3.54. The van der Waals surface area contributed by atoms with E-state index >= 15 is 0 Å². The van der Waals surface area contributed by atoms with E-state index in [1.54, 1.807) is 0 Å². The van der Waals surface area contributed by atoms with Crippen molar-refractivity contribution >= 4 is 6.08 Å². The summed E-state index contributed by atoms with van der Waals surface area (Å²) in [6, 6.07) is 10.1. The molecule has 1 aromatic carbocycles. The molecular formula is C10H8. The van der Waals surface area contributed by atoms with Crippen molar-refractivity contribution < 1.29 is 0 Å². The van der Waals surface area contributed by atoms with Crippen LogP contribution in [0.4, 0.5) is 0 Å². The molecule has 0 saturated heterocycles. The molecule has 2 radical (unpaired) electrons. The van der Waals surface area contributed by atoms with Crippen LogP contribution >= 0.6 is 0 Å². The summed E-state index contributed by atoms with van der Waals surface area (Å²) in [4.78, 5) is 0. The molecule has 0 saturated carbocycles. The summed E-state index contributed by atoms with van der Waals surface area (Å²) < 4.78 is 0. The van der Waals surface area contributed by atoms with Gasteiger partial charge in [0.2, 0.25) is 0 Å². The molecule has 0 aliphatic heterocycles. The van der Waals surface area contributed by atoms with Gasteiger partial charge in [0.15, 0.2) is 0 Å². The summed E-state index contributed by atoms with van der Waals surface area (Å²) >= 11 is 0. The fraction of sp³-hybridized carbons (Fsp3) is 0.200. The maximum absolute atomic E-state index is 3.11. The first-order valence-electron chi connectivity index (χ1n) is 3.54. The third kappa shape index (κ3) is 0.860. The Morgan fingerprint density at radius 3 is 3.30 bits per heavy atom. The Balaban J connectivity index is 2.54. The molecule has 0 bridgehead atoms. The van der Waals surface area contributed by atoms with Crippen molar-refractivity contribution in [3.05, 3.63) is 41.5 Å². The Kier molecular flexibility index (Phi) is 1.31. The lowest BCUT2D eigenvalue weighted by molar-refractivity contribution is 0.983. The average Bonchev–Trinajstić information content (AvgIpc) is 2.05. The van der Waals surface area contributed by atoms with Crippen LogP contribution in [0.25, 0.3) is 6.08 Å². The van der Waals surface area contributed by atoms with Crippen LogP contribution in [0.3, 0.4) is 0 Å². The molecule has 0 aromatic heterocycles. The minimum atomic E-state index is 1.13. The first-order chi connectivity index (χ1) is 4.97. The lowest BCUT2D eigenvalue weighted by Crippen LogP contribution is -1.92. The van der Waals surface area contributed by atoms with Crippen LogP contribution in [-0.2, 0) is 6.42 Å². The van der Waals surface area contributed by atoms with Crippen molar-refractivity contribution in [1.82, 2.24) is 0 Å². The fourth-order valence-electron chi connectivity index (χ4n) is 1.23. The fourth-order valence-corrected chi connectivity index (χ4v) is 1.23. The summed E-state index contributed by atoms with van der Waals surface area (Å²) in [5, 5.41) is 0. The van der Waals surface area contributed by atoms with Gasteiger partial charge in [0.1, 0.15) is 0 Å². The Morgan fingerprint density at radius 2 is 2.40 bits per heavy atom. The molecule has 10 heavy (non-hydrogen) atoms. The number of rotatable bonds is 0. The maximum Gasteiger partial charge on any atom is -0.00578 e. The smallest absolute Gasteiger partial charge is 0.00578 e. The SMILES string of the molecule is [c]1[c]c2c(cc1)C=CCC2. The average molecular weight is 128 g/mol. The number of hydrogen-bond acceptors (Lipinski definition) is 0. The number of hydrogen-bond donors (Lipinski definition) is 0. The summed E-state index contributed by atoms with van der Waals surface area (Å²) in [6.07, 6.45) is 6.64. The number of allylic oxidation sites excluding steroid dienone is 1. The van der Waals surface area contributed by atoms with Crippen molar-refractivity contribution in [3.8, 4) is 0 Å². The second kappa shape index (κ2) is 2.30. The Bertz CT molecular complexity index is 258. The molecule has 0 heterocycles. The van der Waals surface area contributed by atoms with E-state index in [1.165, 1.54) is 11.1 Å². The third-order valence-electron chi connectivity index (χ3n) is 1.78. The van der Waals surface area contributed by atoms with E-state index in [0.29, 0.717) is 0 Å². The zero-order valence-corrected chi connectivity index (χ0v) is 5.72. The second-order valence-corrected chi connectivity index (χ2v) is 2.48. The third-order valence-corrected chi connectivity index (χ3v) is 1.78. The van der Waals surface area contributed by atoms with E-state index < -0.39 is 0 Å². The zero-order valence-electron chi connectivity index (χ0n) is 5.72. The van der Waals surface area contributed by atoms with Crippen molar-refractivity contribution in [3.63, 3.8) is 0 Å². The molecule has 0 amide bonds. The molecule has 2 rings (SSSR count). The second-order valence-electron chi connectivity index (χ2n) is 2.48.